The van der Waals surface area contributed by atoms with Gasteiger partial charge in [-0.05, 0) is 0 Å². The first-order valence-electron chi connectivity index (χ1n) is 3.55. The Hall–Kier alpha value is -1.78. The molecule has 0 amide bonds. The summed E-state index contributed by atoms with van der Waals surface area (Å²) in [5, 5.41) is 6.61. The minimum atomic E-state index is 0.615. The fourth-order valence-corrected chi connectivity index (χ4v) is 1.08. The number of hydrogen-bond acceptors (Lipinski definition) is 3. The van der Waals surface area contributed by atoms with Crippen LogP contribution in [0.5, 0.6) is 0 Å². The molecule has 0 aliphatic rings. The van der Waals surface area contributed by atoms with E-state index in [0.717, 1.165) is 11.5 Å². The molecule has 2 heterocycles. The molecule has 0 atom stereocenters. The summed E-state index contributed by atoms with van der Waals surface area (Å²) in [6.07, 6.45) is 5.15. The molecule has 2 aromatic heterocycles. The first-order valence-corrected chi connectivity index (χ1v) is 3.55. The largest absolute Gasteiger partial charge is 0.396 e. The van der Waals surface area contributed by atoms with Gasteiger partial charge in [0, 0.05) is 19.4 Å². The predicted molar refractivity (Wildman–Crippen MR) is 45.2 cm³/mol. The van der Waals surface area contributed by atoms with Crippen LogP contribution in [0.25, 0.3) is 11.5 Å². The number of rotatable bonds is 1. The first-order chi connectivity index (χ1) is 5.79. The van der Waals surface area contributed by atoms with Gasteiger partial charge in [-0.2, -0.15) is 5.10 Å². The van der Waals surface area contributed by atoms with Gasteiger partial charge in [-0.25, -0.2) is 4.98 Å². The molecule has 0 aliphatic carbocycles. The van der Waals surface area contributed by atoms with Gasteiger partial charge in [0.2, 0.25) is 0 Å². The highest BCUT2D eigenvalue weighted by molar-refractivity contribution is 5.66. The monoisotopic (exact) mass is 163 g/mol. The van der Waals surface area contributed by atoms with Crippen molar-refractivity contribution >= 4 is 5.69 Å². The molecule has 0 fully saturated rings. The molecule has 0 unspecified atom stereocenters. The van der Waals surface area contributed by atoms with Crippen LogP contribution in [0.4, 0.5) is 5.69 Å². The van der Waals surface area contributed by atoms with Gasteiger partial charge in [-0.3, -0.25) is 5.10 Å². The first kappa shape index (κ1) is 6.90. The van der Waals surface area contributed by atoms with Gasteiger partial charge in [-0.1, -0.05) is 0 Å². The second-order valence-corrected chi connectivity index (χ2v) is 2.56. The summed E-state index contributed by atoms with van der Waals surface area (Å²) in [5.74, 6) is 0.796. The van der Waals surface area contributed by atoms with E-state index in [1.807, 2.05) is 17.8 Å². The summed E-state index contributed by atoms with van der Waals surface area (Å²) in [6, 6.07) is 0. The van der Waals surface area contributed by atoms with Crippen LogP contribution in [-0.4, -0.2) is 19.7 Å². The Labute approximate surface area is 69.2 Å². The standard InChI is InChI=1S/C7H9N5/c1-12-3-2-9-7(12)6-5(8)4-10-11-6/h2-4H,8H2,1H3,(H,10,11). The molecule has 2 rings (SSSR count). The molecular formula is C7H9N5. The quantitative estimate of drug-likeness (QED) is 0.638. The van der Waals surface area contributed by atoms with Gasteiger partial charge < -0.3 is 10.3 Å². The van der Waals surface area contributed by atoms with Crippen LogP contribution >= 0.6 is 0 Å². The topological polar surface area (TPSA) is 72.5 Å². The maximum atomic E-state index is 5.65. The van der Waals surface area contributed by atoms with Gasteiger partial charge in [0.1, 0.15) is 5.69 Å². The number of nitrogens with two attached hydrogens (primary N) is 1. The van der Waals surface area contributed by atoms with Crippen molar-refractivity contribution in [1.29, 1.82) is 0 Å². The summed E-state index contributed by atoms with van der Waals surface area (Å²) in [7, 11) is 1.91. The molecule has 0 saturated carbocycles. The Kier molecular flexibility index (Phi) is 1.36. The van der Waals surface area contributed by atoms with Crippen LogP contribution in [0.2, 0.25) is 0 Å². The van der Waals surface area contributed by atoms with Gasteiger partial charge in [-0.15, -0.1) is 0 Å². The van der Waals surface area contributed by atoms with E-state index in [4.69, 9.17) is 5.73 Å². The minimum Gasteiger partial charge on any atom is -0.396 e. The van der Waals surface area contributed by atoms with Crippen LogP contribution in [0.1, 0.15) is 0 Å². The van der Waals surface area contributed by atoms with E-state index in [-0.39, 0.29) is 0 Å². The van der Waals surface area contributed by atoms with Crippen molar-refractivity contribution in [2.45, 2.75) is 0 Å². The lowest BCUT2D eigenvalue weighted by atomic mass is 10.3. The number of nitrogens with zero attached hydrogens (tertiary/aromatic N) is 3. The minimum absolute atomic E-state index is 0.615. The second-order valence-electron chi connectivity index (χ2n) is 2.56. The smallest absolute Gasteiger partial charge is 0.159 e. The summed E-state index contributed by atoms with van der Waals surface area (Å²) in [6.45, 7) is 0. The molecule has 12 heavy (non-hydrogen) atoms. The summed E-state index contributed by atoms with van der Waals surface area (Å²) in [5.41, 5.74) is 7.03. The van der Waals surface area contributed by atoms with Crippen LogP contribution in [0.3, 0.4) is 0 Å². The third kappa shape index (κ3) is 0.868. The van der Waals surface area contributed by atoms with E-state index >= 15 is 0 Å². The number of anilines is 1. The zero-order valence-electron chi connectivity index (χ0n) is 6.65. The number of aryl methyl sites for hydroxylation is 1. The summed E-state index contributed by atoms with van der Waals surface area (Å²) in [4.78, 5) is 4.13. The number of nitrogen functional groups attached to an aromatic ring is 1. The number of imidazole rings is 1. The normalized spacial score (nSPS) is 10.4. The van der Waals surface area contributed by atoms with E-state index in [9.17, 15) is 0 Å². The number of nitrogens with one attached hydrogen (secondary N) is 1. The van der Waals surface area contributed by atoms with Crippen LogP contribution < -0.4 is 5.73 Å². The molecule has 62 valence electrons. The van der Waals surface area contributed by atoms with Gasteiger partial charge in [0.05, 0.1) is 11.9 Å². The SMILES string of the molecule is Cn1ccnc1-c1[nH]ncc1N. The van der Waals surface area contributed by atoms with Crippen LogP contribution in [0.15, 0.2) is 18.6 Å². The lowest BCUT2D eigenvalue weighted by molar-refractivity contribution is 0.913. The van der Waals surface area contributed by atoms with E-state index in [1.54, 1.807) is 12.4 Å². The Morgan fingerprint density at radius 1 is 1.58 bits per heavy atom. The van der Waals surface area contributed by atoms with Gasteiger partial charge >= 0.3 is 0 Å². The molecule has 0 saturated heterocycles. The molecule has 3 N–H and O–H groups in total. The lowest BCUT2D eigenvalue weighted by Crippen LogP contribution is -1.94. The molecule has 0 bridgehead atoms. The van der Waals surface area contributed by atoms with E-state index in [0.29, 0.717) is 5.69 Å². The van der Waals surface area contributed by atoms with E-state index < -0.39 is 0 Å². The van der Waals surface area contributed by atoms with Crippen molar-refractivity contribution in [2.24, 2.45) is 7.05 Å². The highest BCUT2D eigenvalue weighted by Gasteiger charge is 2.07. The zero-order chi connectivity index (χ0) is 8.55. The average molecular weight is 163 g/mol. The maximum Gasteiger partial charge on any atom is 0.159 e. The molecule has 0 aromatic carbocycles. The third-order valence-electron chi connectivity index (χ3n) is 1.71. The molecule has 2 aromatic rings. The predicted octanol–water partition coefficient (Wildman–Crippen LogP) is 0.392. The van der Waals surface area contributed by atoms with E-state index in [1.165, 1.54) is 0 Å². The number of hydrogen-bond donors (Lipinski definition) is 2. The Bertz CT molecular complexity index is 348. The van der Waals surface area contributed by atoms with E-state index in [2.05, 4.69) is 15.2 Å². The Balaban J connectivity index is 2.57. The molecule has 5 nitrogen and oxygen atoms in total. The Morgan fingerprint density at radius 2 is 2.42 bits per heavy atom. The fraction of sp³-hybridized carbons (Fsp3) is 0.143. The molecule has 5 heteroatoms. The Morgan fingerprint density at radius 3 is 2.92 bits per heavy atom. The number of H-pyrrole nitrogens is 1. The average Bonchev–Trinajstić information content (AvgIpc) is 2.59. The third-order valence-corrected chi connectivity index (χ3v) is 1.71. The molecule has 0 aliphatic heterocycles. The summed E-state index contributed by atoms with van der Waals surface area (Å²) >= 11 is 0. The highest BCUT2D eigenvalue weighted by atomic mass is 15.2. The lowest BCUT2D eigenvalue weighted by Gasteiger charge is -1.98. The van der Waals surface area contributed by atoms with Crippen molar-refractivity contribution in [3.05, 3.63) is 18.6 Å². The van der Waals surface area contributed by atoms with Crippen LogP contribution in [-0.2, 0) is 7.05 Å². The fourth-order valence-electron chi connectivity index (χ4n) is 1.08. The van der Waals surface area contributed by atoms with Crippen molar-refractivity contribution in [1.82, 2.24) is 19.7 Å². The second kappa shape index (κ2) is 2.37. The van der Waals surface area contributed by atoms with Crippen molar-refractivity contribution < 1.29 is 0 Å². The molecular weight excluding hydrogens is 154 g/mol. The molecule has 0 spiro atoms. The summed E-state index contributed by atoms with van der Waals surface area (Å²) < 4.78 is 1.88. The van der Waals surface area contributed by atoms with Crippen LogP contribution in [0, 0.1) is 0 Å². The van der Waals surface area contributed by atoms with Gasteiger partial charge in [0.25, 0.3) is 0 Å². The molecule has 0 radical (unpaired) electrons. The van der Waals surface area contributed by atoms with Gasteiger partial charge in [0.15, 0.2) is 5.82 Å². The number of aromatic nitrogens is 4. The highest BCUT2D eigenvalue weighted by Crippen LogP contribution is 2.19. The zero-order valence-corrected chi connectivity index (χ0v) is 6.65. The van der Waals surface area contributed by atoms with Crippen molar-refractivity contribution in [2.75, 3.05) is 5.73 Å². The number of aromatic amines is 1. The maximum absolute atomic E-state index is 5.65. The van der Waals surface area contributed by atoms with Crippen molar-refractivity contribution in [3.63, 3.8) is 0 Å². The van der Waals surface area contributed by atoms with Crippen molar-refractivity contribution in [3.8, 4) is 11.5 Å².